The van der Waals surface area contributed by atoms with Gasteiger partial charge in [0.05, 0.1) is 14.2 Å². The quantitative estimate of drug-likeness (QED) is 0.787. The van der Waals surface area contributed by atoms with Gasteiger partial charge in [0, 0.05) is 21.0 Å². The summed E-state index contributed by atoms with van der Waals surface area (Å²) in [6.07, 6.45) is 0. The Bertz CT molecular complexity index is 619. The molecule has 5 heteroatoms. The van der Waals surface area contributed by atoms with Crippen LogP contribution in [0.2, 0.25) is 0 Å². The average Bonchev–Trinajstić information content (AvgIpc) is 2.83. The summed E-state index contributed by atoms with van der Waals surface area (Å²) in [4.78, 5) is 12.5. The highest BCUT2D eigenvalue weighted by Crippen LogP contribution is 2.34. The lowest BCUT2D eigenvalue weighted by Crippen LogP contribution is -2.04. The summed E-state index contributed by atoms with van der Waals surface area (Å²) in [7, 11) is 3.12. The molecule has 1 aromatic carbocycles. The van der Waals surface area contributed by atoms with Crippen LogP contribution in [0.1, 0.15) is 21.5 Å². The van der Waals surface area contributed by atoms with Gasteiger partial charge in [-0.05, 0) is 45.9 Å². The molecule has 1 heterocycles. The van der Waals surface area contributed by atoms with Crippen molar-refractivity contribution in [1.29, 1.82) is 0 Å². The van der Waals surface area contributed by atoms with E-state index in [1.165, 1.54) is 11.3 Å². The number of halogens is 1. The number of benzene rings is 1. The van der Waals surface area contributed by atoms with Crippen LogP contribution in [0.15, 0.2) is 27.4 Å². The molecule has 0 N–H and O–H groups in total. The third kappa shape index (κ3) is 2.67. The Labute approximate surface area is 124 Å². The van der Waals surface area contributed by atoms with E-state index in [1.807, 2.05) is 17.7 Å². The minimum Gasteiger partial charge on any atom is -0.493 e. The van der Waals surface area contributed by atoms with E-state index < -0.39 is 0 Å². The minimum atomic E-state index is -0.0217. The fraction of sp³-hybridized carbons (Fsp3) is 0.214. The van der Waals surface area contributed by atoms with Crippen molar-refractivity contribution in [3.8, 4) is 11.5 Å². The van der Waals surface area contributed by atoms with Gasteiger partial charge < -0.3 is 9.47 Å². The van der Waals surface area contributed by atoms with Gasteiger partial charge in [0.2, 0.25) is 0 Å². The number of ketones is 1. The Kier molecular flexibility index (Phi) is 4.27. The number of ether oxygens (including phenoxy) is 2. The molecule has 0 radical (unpaired) electrons. The molecule has 2 aromatic rings. The summed E-state index contributed by atoms with van der Waals surface area (Å²) in [5.41, 5.74) is 2.27. The second kappa shape index (κ2) is 5.75. The van der Waals surface area contributed by atoms with Gasteiger partial charge in [-0.15, -0.1) is 0 Å². The molecule has 0 saturated carbocycles. The van der Waals surface area contributed by atoms with E-state index in [4.69, 9.17) is 9.47 Å². The number of aryl methyl sites for hydroxylation is 1. The summed E-state index contributed by atoms with van der Waals surface area (Å²) in [5, 5.41) is 3.82. The molecule has 2 rings (SSSR count). The molecule has 0 spiro atoms. The van der Waals surface area contributed by atoms with Crippen molar-refractivity contribution < 1.29 is 14.3 Å². The molecule has 1 aromatic heterocycles. The van der Waals surface area contributed by atoms with E-state index in [2.05, 4.69) is 15.9 Å². The average molecular weight is 341 g/mol. The normalized spacial score (nSPS) is 10.3. The molecule has 0 aliphatic heterocycles. The first-order chi connectivity index (χ1) is 9.08. The van der Waals surface area contributed by atoms with Crippen LogP contribution in [-0.4, -0.2) is 20.0 Å². The Morgan fingerprint density at radius 2 is 1.74 bits per heavy atom. The summed E-state index contributed by atoms with van der Waals surface area (Å²) < 4.78 is 11.1. The van der Waals surface area contributed by atoms with Gasteiger partial charge >= 0.3 is 0 Å². The molecule has 0 fully saturated rings. The van der Waals surface area contributed by atoms with Crippen molar-refractivity contribution in [2.75, 3.05) is 14.2 Å². The predicted molar refractivity (Wildman–Crippen MR) is 79.7 cm³/mol. The van der Waals surface area contributed by atoms with Gasteiger partial charge in [-0.2, -0.15) is 11.3 Å². The Hall–Kier alpha value is -1.33. The van der Waals surface area contributed by atoms with Crippen LogP contribution in [0.5, 0.6) is 11.5 Å². The lowest BCUT2D eigenvalue weighted by Gasteiger charge is -2.11. The molecule has 0 atom stereocenters. The van der Waals surface area contributed by atoms with Crippen LogP contribution in [-0.2, 0) is 0 Å². The molecule has 19 heavy (non-hydrogen) atoms. The molecule has 0 aliphatic carbocycles. The first-order valence-electron chi connectivity index (χ1n) is 5.57. The Morgan fingerprint density at radius 1 is 1.11 bits per heavy atom. The Morgan fingerprint density at radius 3 is 2.26 bits per heavy atom. The number of carbonyl (C=O) groups is 1. The lowest BCUT2D eigenvalue weighted by atomic mass is 10.0. The standard InChI is InChI=1S/C14H13BrO3S/c1-8-6-19-7-10(8)14(16)9-4-12(17-2)13(18-3)5-11(9)15/h4-7H,1-3H3. The fourth-order valence-electron chi connectivity index (χ4n) is 1.77. The molecule has 3 nitrogen and oxygen atoms in total. The maximum Gasteiger partial charge on any atom is 0.195 e. The lowest BCUT2D eigenvalue weighted by molar-refractivity contribution is 0.103. The summed E-state index contributed by atoms with van der Waals surface area (Å²) in [6.45, 7) is 1.93. The smallest absolute Gasteiger partial charge is 0.195 e. The van der Waals surface area contributed by atoms with Crippen molar-refractivity contribution in [1.82, 2.24) is 0 Å². The van der Waals surface area contributed by atoms with E-state index in [1.54, 1.807) is 26.4 Å². The number of thiophene rings is 1. The second-order valence-electron chi connectivity index (χ2n) is 3.98. The highest BCUT2D eigenvalue weighted by Gasteiger charge is 2.18. The van der Waals surface area contributed by atoms with Gasteiger partial charge in [0.25, 0.3) is 0 Å². The summed E-state index contributed by atoms with van der Waals surface area (Å²) in [5.74, 6) is 1.11. The van der Waals surface area contributed by atoms with Crippen LogP contribution < -0.4 is 9.47 Å². The van der Waals surface area contributed by atoms with E-state index in [9.17, 15) is 4.79 Å². The van der Waals surface area contributed by atoms with E-state index in [0.717, 1.165) is 11.1 Å². The first kappa shape index (κ1) is 14.1. The zero-order valence-corrected chi connectivity index (χ0v) is 13.2. The molecular formula is C14H13BrO3S. The molecular weight excluding hydrogens is 328 g/mol. The summed E-state index contributed by atoms with van der Waals surface area (Å²) >= 11 is 4.93. The zero-order chi connectivity index (χ0) is 14.0. The first-order valence-corrected chi connectivity index (χ1v) is 7.31. The number of carbonyl (C=O) groups excluding carboxylic acids is 1. The number of hydrogen-bond donors (Lipinski definition) is 0. The number of methoxy groups -OCH3 is 2. The molecule has 0 unspecified atom stereocenters. The second-order valence-corrected chi connectivity index (χ2v) is 5.58. The van der Waals surface area contributed by atoms with Crippen molar-refractivity contribution in [3.63, 3.8) is 0 Å². The maximum absolute atomic E-state index is 12.5. The third-order valence-electron chi connectivity index (χ3n) is 2.82. The van der Waals surface area contributed by atoms with Crippen LogP contribution in [0.4, 0.5) is 0 Å². The molecule has 0 aliphatic rings. The number of rotatable bonds is 4. The van der Waals surface area contributed by atoms with Crippen molar-refractivity contribution >= 4 is 33.0 Å². The molecule has 0 saturated heterocycles. The van der Waals surface area contributed by atoms with Crippen molar-refractivity contribution in [2.24, 2.45) is 0 Å². The van der Waals surface area contributed by atoms with Crippen molar-refractivity contribution in [2.45, 2.75) is 6.92 Å². The van der Waals surface area contributed by atoms with Gasteiger partial charge in [0.15, 0.2) is 17.3 Å². The van der Waals surface area contributed by atoms with Crippen LogP contribution in [0.3, 0.4) is 0 Å². The highest BCUT2D eigenvalue weighted by atomic mass is 79.9. The molecule has 0 amide bonds. The molecule has 0 bridgehead atoms. The van der Waals surface area contributed by atoms with E-state index in [-0.39, 0.29) is 5.78 Å². The van der Waals surface area contributed by atoms with Crippen LogP contribution >= 0.6 is 27.3 Å². The predicted octanol–water partition coefficient (Wildman–Crippen LogP) is 4.07. The van der Waals surface area contributed by atoms with E-state index >= 15 is 0 Å². The molecule has 100 valence electrons. The van der Waals surface area contributed by atoms with Gasteiger partial charge in [-0.1, -0.05) is 0 Å². The summed E-state index contributed by atoms with van der Waals surface area (Å²) in [6, 6.07) is 3.44. The largest absolute Gasteiger partial charge is 0.493 e. The monoisotopic (exact) mass is 340 g/mol. The Balaban J connectivity index is 2.51. The van der Waals surface area contributed by atoms with Gasteiger partial charge in [0.1, 0.15) is 0 Å². The van der Waals surface area contributed by atoms with Crippen LogP contribution in [0.25, 0.3) is 0 Å². The van der Waals surface area contributed by atoms with Crippen molar-refractivity contribution in [3.05, 3.63) is 44.1 Å². The SMILES string of the molecule is COc1cc(Br)c(C(=O)c2cscc2C)cc1OC. The van der Waals surface area contributed by atoms with E-state index in [0.29, 0.717) is 21.5 Å². The topological polar surface area (TPSA) is 35.5 Å². The highest BCUT2D eigenvalue weighted by molar-refractivity contribution is 9.10. The fourth-order valence-corrected chi connectivity index (χ4v) is 3.10. The zero-order valence-electron chi connectivity index (χ0n) is 10.8. The maximum atomic E-state index is 12.5. The number of hydrogen-bond acceptors (Lipinski definition) is 4. The van der Waals surface area contributed by atoms with Crippen LogP contribution in [0, 0.1) is 6.92 Å². The van der Waals surface area contributed by atoms with Gasteiger partial charge in [-0.25, -0.2) is 0 Å². The van der Waals surface area contributed by atoms with Gasteiger partial charge in [-0.3, -0.25) is 4.79 Å². The third-order valence-corrected chi connectivity index (χ3v) is 4.34. The minimum absolute atomic E-state index is 0.0217.